The fourth-order valence-corrected chi connectivity index (χ4v) is 7.77. The van der Waals surface area contributed by atoms with Crippen LogP contribution in [0.2, 0.25) is 0 Å². The quantitative estimate of drug-likeness (QED) is 0.0272. The first-order valence-corrected chi connectivity index (χ1v) is 27.6. The molecular formula is C55H105N5O6. The minimum Gasteiger partial charge on any atom is -0.356 e. The molecule has 0 saturated heterocycles. The normalized spacial score (nSPS) is 11.7. The van der Waals surface area contributed by atoms with Crippen LogP contribution in [-0.2, 0) is 23.9 Å². The largest absolute Gasteiger partial charge is 0.356 e. The minimum absolute atomic E-state index is 0.0258. The van der Waals surface area contributed by atoms with E-state index in [0.29, 0.717) is 78.0 Å². The summed E-state index contributed by atoms with van der Waals surface area (Å²) in [5.41, 5.74) is 0. The van der Waals surface area contributed by atoms with Crippen LogP contribution < -0.4 is 21.3 Å². The van der Waals surface area contributed by atoms with Gasteiger partial charge in [0.15, 0.2) is 5.79 Å². The van der Waals surface area contributed by atoms with Gasteiger partial charge in [-0.2, -0.15) is 0 Å². The summed E-state index contributed by atoms with van der Waals surface area (Å²) in [5.74, 6) is -0.760. The highest BCUT2D eigenvalue weighted by molar-refractivity contribution is 5.76. The number of unbranched alkanes of at least 4 members (excludes halogenated alkanes) is 24. The maximum Gasteiger partial charge on any atom is 0.317 e. The van der Waals surface area contributed by atoms with Crippen LogP contribution in [0.25, 0.3) is 0 Å². The number of hydrogen-bond acceptors (Lipinski definition) is 6. The van der Waals surface area contributed by atoms with Gasteiger partial charge in [-0.3, -0.25) is 14.4 Å². The molecule has 0 saturated carbocycles. The van der Waals surface area contributed by atoms with Gasteiger partial charge in [0.25, 0.3) is 0 Å². The monoisotopic (exact) mass is 932 g/mol. The molecule has 11 nitrogen and oxygen atoms in total. The molecule has 0 bridgehead atoms. The maximum atomic E-state index is 13.3. The van der Waals surface area contributed by atoms with Gasteiger partial charge in [0.05, 0.1) is 13.2 Å². The predicted molar refractivity (Wildman–Crippen MR) is 278 cm³/mol. The predicted octanol–water partition coefficient (Wildman–Crippen LogP) is 13.2. The molecule has 0 aromatic carbocycles. The minimum atomic E-state index is -0.870. The Hall–Kier alpha value is -2.92. The van der Waals surface area contributed by atoms with Gasteiger partial charge in [0.2, 0.25) is 17.7 Å². The van der Waals surface area contributed by atoms with Crippen molar-refractivity contribution in [2.45, 2.75) is 252 Å². The number of hydrogen-bond donors (Lipinski definition) is 4. The standard InChI is InChI=1S/C55H105N5O6/c1-6-9-11-13-15-17-19-21-23-25-27-29-31-33-35-37-41-52(62)56-43-39-47-60(54(64)59-46-50-66-55(4,5)65-49-45-58-51(61)8-3)48-40-44-57-53(63)42-38-36-34-32-30-28-26-24-22-20-18-16-14-12-10-7-2/h23-26H,6-22,27-50H2,1-5H3,(H,56,62)(H,57,63)(H,58,61)(H,59,64). The number of amides is 5. The van der Waals surface area contributed by atoms with Crippen LogP contribution >= 0.6 is 0 Å². The van der Waals surface area contributed by atoms with Crippen LogP contribution in [0.4, 0.5) is 4.79 Å². The van der Waals surface area contributed by atoms with Gasteiger partial charge >= 0.3 is 6.03 Å². The number of urea groups is 1. The third kappa shape index (κ3) is 46.2. The van der Waals surface area contributed by atoms with Gasteiger partial charge in [0.1, 0.15) is 0 Å². The van der Waals surface area contributed by atoms with Crippen LogP contribution in [0.15, 0.2) is 24.3 Å². The zero-order valence-electron chi connectivity index (χ0n) is 43.7. The van der Waals surface area contributed by atoms with E-state index in [1.165, 1.54) is 128 Å². The Labute approximate surface area is 406 Å². The lowest BCUT2D eigenvalue weighted by Crippen LogP contribution is -2.44. The fraction of sp³-hybridized carbons (Fsp3) is 0.855. The second-order valence-electron chi connectivity index (χ2n) is 18.8. The molecule has 11 heteroatoms. The third-order valence-corrected chi connectivity index (χ3v) is 12.0. The Kier molecular flexibility index (Phi) is 46.4. The number of rotatable bonds is 49. The van der Waals surface area contributed by atoms with Crippen molar-refractivity contribution in [1.82, 2.24) is 26.2 Å². The first-order valence-electron chi connectivity index (χ1n) is 27.6. The second-order valence-corrected chi connectivity index (χ2v) is 18.8. The number of nitrogens with zero attached hydrogens (tertiary/aromatic N) is 1. The summed E-state index contributed by atoms with van der Waals surface area (Å²) in [5, 5.41) is 11.8. The van der Waals surface area contributed by atoms with Gasteiger partial charge in [0, 0.05) is 58.5 Å². The van der Waals surface area contributed by atoms with E-state index in [0.717, 1.165) is 51.4 Å². The van der Waals surface area contributed by atoms with Crippen molar-refractivity contribution in [2.75, 3.05) is 52.5 Å². The van der Waals surface area contributed by atoms with Crippen LogP contribution in [0.1, 0.15) is 247 Å². The number of ether oxygens (including phenoxy) is 2. The fourth-order valence-electron chi connectivity index (χ4n) is 7.77. The second kappa shape index (κ2) is 48.5. The molecular weight excluding hydrogens is 827 g/mol. The lowest BCUT2D eigenvalue weighted by Gasteiger charge is -2.27. The van der Waals surface area contributed by atoms with E-state index in [4.69, 9.17) is 9.47 Å². The molecule has 0 rings (SSSR count). The number of carbonyl (C=O) groups is 4. The van der Waals surface area contributed by atoms with E-state index in [9.17, 15) is 19.2 Å². The zero-order chi connectivity index (χ0) is 48.4. The van der Waals surface area contributed by atoms with E-state index in [-0.39, 0.29) is 30.4 Å². The van der Waals surface area contributed by atoms with Crippen LogP contribution in [-0.4, -0.2) is 86.9 Å². The van der Waals surface area contributed by atoms with Gasteiger partial charge in [-0.1, -0.05) is 161 Å². The van der Waals surface area contributed by atoms with Crippen molar-refractivity contribution in [3.8, 4) is 0 Å². The van der Waals surface area contributed by atoms with Gasteiger partial charge in [-0.25, -0.2) is 4.79 Å². The van der Waals surface area contributed by atoms with Gasteiger partial charge < -0.3 is 35.6 Å². The molecule has 4 N–H and O–H groups in total. The van der Waals surface area contributed by atoms with Crippen molar-refractivity contribution in [2.24, 2.45) is 0 Å². The first-order chi connectivity index (χ1) is 32.1. The van der Waals surface area contributed by atoms with Crippen LogP contribution in [0, 0.1) is 0 Å². The number of allylic oxidation sites excluding steroid dienone is 4. The Morgan fingerprint density at radius 1 is 0.409 bits per heavy atom. The summed E-state index contributed by atoms with van der Waals surface area (Å²) in [6.45, 7) is 13.2. The van der Waals surface area contributed by atoms with Gasteiger partial charge in [-0.05, 0) is 90.9 Å². The molecule has 0 aliphatic rings. The highest BCUT2D eigenvalue weighted by Gasteiger charge is 2.19. The topological polar surface area (TPSA) is 138 Å². The molecule has 5 amide bonds. The molecule has 0 heterocycles. The molecule has 0 aromatic rings. The molecule has 0 spiro atoms. The van der Waals surface area contributed by atoms with Gasteiger partial charge in [-0.15, -0.1) is 0 Å². The smallest absolute Gasteiger partial charge is 0.317 e. The summed E-state index contributed by atoms with van der Waals surface area (Å²) in [6, 6.07) is -0.204. The van der Waals surface area contributed by atoms with E-state index in [1.54, 1.807) is 11.8 Å². The summed E-state index contributed by atoms with van der Waals surface area (Å²) in [7, 11) is 0. The highest BCUT2D eigenvalue weighted by atomic mass is 16.7. The Balaban J connectivity index is 4.42. The van der Waals surface area contributed by atoms with E-state index in [1.807, 2.05) is 13.8 Å². The van der Waals surface area contributed by atoms with E-state index >= 15 is 0 Å². The highest BCUT2D eigenvalue weighted by Crippen LogP contribution is 2.13. The van der Waals surface area contributed by atoms with Crippen molar-refractivity contribution >= 4 is 23.8 Å². The molecule has 0 aliphatic carbocycles. The molecule has 0 aromatic heterocycles. The van der Waals surface area contributed by atoms with E-state index in [2.05, 4.69) is 59.4 Å². The maximum absolute atomic E-state index is 13.3. The Bertz CT molecular complexity index is 1130. The molecule has 0 radical (unpaired) electrons. The third-order valence-electron chi connectivity index (χ3n) is 12.0. The van der Waals surface area contributed by atoms with Crippen molar-refractivity contribution in [1.29, 1.82) is 0 Å². The Morgan fingerprint density at radius 3 is 1.12 bits per heavy atom. The molecule has 0 fully saturated rings. The first kappa shape index (κ1) is 63.1. The van der Waals surface area contributed by atoms with Crippen molar-refractivity contribution < 1.29 is 28.7 Å². The molecule has 0 atom stereocenters. The van der Waals surface area contributed by atoms with Crippen molar-refractivity contribution in [3.63, 3.8) is 0 Å². The molecule has 0 unspecified atom stereocenters. The van der Waals surface area contributed by atoms with Crippen LogP contribution in [0.3, 0.4) is 0 Å². The average molecular weight is 932 g/mol. The summed E-state index contributed by atoms with van der Waals surface area (Å²) in [6.07, 6.45) is 47.1. The molecule has 0 aliphatic heterocycles. The van der Waals surface area contributed by atoms with Crippen LogP contribution in [0.5, 0.6) is 0 Å². The summed E-state index contributed by atoms with van der Waals surface area (Å²) in [4.78, 5) is 51.6. The molecule has 386 valence electrons. The zero-order valence-corrected chi connectivity index (χ0v) is 43.7. The number of carbonyl (C=O) groups excluding carboxylic acids is 4. The van der Waals surface area contributed by atoms with E-state index < -0.39 is 5.79 Å². The number of nitrogens with one attached hydrogen (secondary N) is 4. The summed E-state index contributed by atoms with van der Waals surface area (Å²) >= 11 is 0. The lowest BCUT2D eigenvalue weighted by atomic mass is 10.1. The average Bonchev–Trinajstić information content (AvgIpc) is 3.30. The van der Waals surface area contributed by atoms with Crippen molar-refractivity contribution in [3.05, 3.63) is 24.3 Å². The lowest BCUT2D eigenvalue weighted by molar-refractivity contribution is -0.211. The Morgan fingerprint density at radius 2 is 0.742 bits per heavy atom. The SMILES string of the molecule is CCCCCCCCCC=CCCCCCCCC(=O)NCCCN(CCCNC(=O)CCCCCCCC=CCCCCCCCCC)C(=O)NCCOC(C)(C)OCCNC(=O)CC. The molecule has 66 heavy (non-hydrogen) atoms. The summed E-state index contributed by atoms with van der Waals surface area (Å²) < 4.78 is 11.6.